The molecule has 1 amide bonds. The standard InChI is InChI=1S/C25H21N3O2/c29-25(19-30-24-15-13-21(14-16-24)20-8-3-1-4-9-20)27-26-18-23-12-7-17-28(23)22-10-5-2-6-11-22/h1-18H,19H2,(H,27,29)/b26-18+. The summed E-state index contributed by atoms with van der Waals surface area (Å²) in [6, 6.07) is 31.5. The minimum absolute atomic E-state index is 0.109. The average Bonchev–Trinajstić information content (AvgIpc) is 3.28. The van der Waals surface area contributed by atoms with Crippen LogP contribution in [0.15, 0.2) is 108 Å². The van der Waals surface area contributed by atoms with E-state index in [-0.39, 0.29) is 12.5 Å². The van der Waals surface area contributed by atoms with Crippen molar-refractivity contribution in [3.63, 3.8) is 0 Å². The fraction of sp³-hybridized carbons (Fsp3) is 0.0400. The molecule has 0 unspecified atom stereocenters. The van der Waals surface area contributed by atoms with E-state index < -0.39 is 0 Å². The molecular formula is C25H21N3O2. The van der Waals surface area contributed by atoms with Crippen LogP contribution in [0, 0.1) is 0 Å². The lowest BCUT2D eigenvalue weighted by Crippen LogP contribution is -2.24. The number of amides is 1. The first-order valence-corrected chi connectivity index (χ1v) is 9.62. The molecule has 3 aromatic carbocycles. The van der Waals surface area contributed by atoms with Crippen molar-refractivity contribution in [1.82, 2.24) is 9.99 Å². The van der Waals surface area contributed by atoms with Crippen molar-refractivity contribution in [2.24, 2.45) is 5.10 Å². The molecule has 0 aliphatic carbocycles. The SMILES string of the molecule is O=C(COc1ccc(-c2ccccc2)cc1)N/N=C/c1cccn1-c1ccccc1. The third kappa shape index (κ3) is 4.83. The molecule has 0 radical (unpaired) electrons. The topological polar surface area (TPSA) is 55.6 Å². The second-order valence-corrected chi connectivity index (χ2v) is 6.61. The molecule has 4 aromatic rings. The number of aromatic nitrogens is 1. The van der Waals surface area contributed by atoms with E-state index in [4.69, 9.17) is 4.74 Å². The molecule has 0 saturated heterocycles. The molecule has 0 atom stereocenters. The Labute approximate surface area is 175 Å². The van der Waals surface area contributed by atoms with Crippen LogP contribution in [-0.4, -0.2) is 23.3 Å². The Morgan fingerprint density at radius 1 is 0.833 bits per heavy atom. The van der Waals surface area contributed by atoms with Gasteiger partial charge in [-0.05, 0) is 47.5 Å². The monoisotopic (exact) mass is 395 g/mol. The normalized spacial score (nSPS) is 10.8. The van der Waals surface area contributed by atoms with E-state index in [1.807, 2.05) is 95.7 Å². The van der Waals surface area contributed by atoms with Gasteiger partial charge in [0.15, 0.2) is 6.61 Å². The van der Waals surface area contributed by atoms with E-state index in [2.05, 4.69) is 22.7 Å². The summed E-state index contributed by atoms with van der Waals surface area (Å²) >= 11 is 0. The van der Waals surface area contributed by atoms with Crippen LogP contribution in [0.4, 0.5) is 0 Å². The maximum absolute atomic E-state index is 12.0. The maximum Gasteiger partial charge on any atom is 0.277 e. The van der Waals surface area contributed by atoms with Crippen molar-refractivity contribution >= 4 is 12.1 Å². The molecule has 0 bridgehead atoms. The summed E-state index contributed by atoms with van der Waals surface area (Å²) in [5.41, 5.74) is 6.62. The maximum atomic E-state index is 12.0. The largest absolute Gasteiger partial charge is 0.484 e. The number of nitrogens with zero attached hydrogens (tertiary/aromatic N) is 2. The van der Waals surface area contributed by atoms with E-state index in [1.54, 1.807) is 6.21 Å². The molecule has 1 N–H and O–H groups in total. The quantitative estimate of drug-likeness (QED) is 0.365. The minimum Gasteiger partial charge on any atom is -0.484 e. The Bertz CT molecular complexity index is 1120. The number of hydrogen-bond donors (Lipinski definition) is 1. The van der Waals surface area contributed by atoms with Gasteiger partial charge in [-0.2, -0.15) is 5.10 Å². The van der Waals surface area contributed by atoms with Gasteiger partial charge in [0.1, 0.15) is 5.75 Å². The first-order valence-electron chi connectivity index (χ1n) is 9.62. The van der Waals surface area contributed by atoms with Crippen molar-refractivity contribution in [2.75, 3.05) is 6.61 Å². The number of hydrazone groups is 1. The van der Waals surface area contributed by atoms with E-state index in [0.717, 1.165) is 22.5 Å². The molecular weight excluding hydrogens is 374 g/mol. The molecule has 148 valence electrons. The van der Waals surface area contributed by atoms with Crippen molar-refractivity contribution < 1.29 is 9.53 Å². The highest BCUT2D eigenvalue weighted by Gasteiger charge is 2.04. The van der Waals surface area contributed by atoms with Gasteiger partial charge in [-0.3, -0.25) is 4.79 Å². The zero-order chi connectivity index (χ0) is 20.6. The highest BCUT2D eigenvalue weighted by molar-refractivity contribution is 5.82. The molecule has 5 heteroatoms. The van der Waals surface area contributed by atoms with Crippen LogP contribution >= 0.6 is 0 Å². The Balaban J connectivity index is 1.29. The van der Waals surface area contributed by atoms with Gasteiger partial charge in [0, 0.05) is 11.9 Å². The number of benzene rings is 3. The fourth-order valence-corrected chi connectivity index (χ4v) is 3.05. The van der Waals surface area contributed by atoms with E-state index in [9.17, 15) is 4.79 Å². The first-order chi connectivity index (χ1) is 14.8. The van der Waals surface area contributed by atoms with Crippen molar-refractivity contribution in [1.29, 1.82) is 0 Å². The van der Waals surface area contributed by atoms with E-state index in [1.165, 1.54) is 0 Å². The highest BCUT2D eigenvalue weighted by Crippen LogP contribution is 2.21. The number of carbonyl (C=O) groups is 1. The van der Waals surface area contributed by atoms with Gasteiger partial charge in [0.2, 0.25) is 0 Å². The van der Waals surface area contributed by atoms with Gasteiger partial charge in [0.25, 0.3) is 5.91 Å². The van der Waals surface area contributed by atoms with Crippen LogP contribution in [0.25, 0.3) is 16.8 Å². The summed E-state index contributed by atoms with van der Waals surface area (Å²) in [6.07, 6.45) is 3.56. The van der Waals surface area contributed by atoms with Gasteiger partial charge in [0.05, 0.1) is 11.9 Å². The molecule has 0 fully saturated rings. The van der Waals surface area contributed by atoms with Crippen LogP contribution in [0.2, 0.25) is 0 Å². The Morgan fingerprint density at radius 2 is 1.50 bits per heavy atom. The van der Waals surface area contributed by atoms with Crippen LogP contribution in [0.3, 0.4) is 0 Å². The third-order valence-corrected chi connectivity index (χ3v) is 4.53. The second-order valence-electron chi connectivity index (χ2n) is 6.61. The lowest BCUT2D eigenvalue weighted by Gasteiger charge is -2.07. The van der Waals surface area contributed by atoms with Crippen LogP contribution in [-0.2, 0) is 4.79 Å². The van der Waals surface area contributed by atoms with Gasteiger partial charge >= 0.3 is 0 Å². The average molecular weight is 395 g/mol. The smallest absolute Gasteiger partial charge is 0.277 e. The Morgan fingerprint density at radius 3 is 2.23 bits per heavy atom. The summed E-state index contributed by atoms with van der Waals surface area (Å²) in [5, 5.41) is 4.04. The molecule has 1 heterocycles. The van der Waals surface area contributed by atoms with Crippen LogP contribution in [0.5, 0.6) is 5.75 Å². The molecule has 5 nitrogen and oxygen atoms in total. The summed E-state index contributed by atoms with van der Waals surface area (Å²) in [7, 11) is 0. The summed E-state index contributed by atoms with van der Waals surface area (Å²) < 4.78 is 7.53. The minimum atomic E-state index is -0.323. The molecule has 0 aliphatic heterocycles. The zero-order valence-electron chi connectivity index (χ0n) is 16.3. The predicted octanol–water partition coefficient (Wildman–Crippen LogP) is 4.67. The Hall–Kier alpha value is -4.12. The summed E-state index contributed by atoms with van der Waals surface area (Å²) in [5.74, 6) is 0.308. The van der Waals surface area contributed by atoms with Crippen LogP contribution < -0.4 is 10.2 Å². The summed E-state index contributed by atoms with van der Waals surface area (Å²) in [6.45, 7) is -0.109. The van der Waals surface area contributed by atoms with Gasteiger partial charge in [-0.1, -0.05) is 60.7 Å². The molecule has 30 heavy (non-hydrogen) atoms. The number of para-hydroxylation sites is 1. The fourth-order valence-electron chi connectivity index (χ4n) is 3.05. The Kier molecular flexibility index (Phi) is 6.01. The number of nitrogens with one attached hydrogen (secondary N) is 1. The number of rotatable bonds is 7. The molecule has 0 aliphatic rings. The van der Waals surface area contributed by atoms with Crippen LogP contribution in [0.1, 0.15) is 5.69 Å². The number of ether oxygens (including phenoxy) is 1. The van der Waals surface area contributed by atoms with Gasteiger partial charge in [-0.15, -0.1) is 0 Å². The highest BCUT2D eigenvalue weighted by atomic mass is 16.5. The molecule has 0 saturated carbocycles. The van der Waals surface area contributed by atoms with Gasteiger partial charge < -0.3 is 9.30 Å². The number of carbonyl (C=O) groups excluding carboxylic acids is 1. The van der Waals surface area contributed by atoms with E-state index in [0.29, 0.717) is 5.75 Å². The molecule has 4 rings (SSSR count). The molecule has 1 aromatic heterocycles. The first kappa shape index (κ1) is 19.2. The zero-order valence-corrected chi connectivity index (χ0v) is 16.3. The number of hydrogen-bond acceptors (Lipinski definition) is 3. The lowest BCUT2D eigenvalue weighted by atomic mass is 10.1. The second kappa shape index (κ2) is 9.39. The van der Waals surface area contributed by atoms with Gasteiger partial charge in [-0.25, -0.2) is 5.43 Å². The van der Waals surface area contributed by atoms with E-state index >= 15 is 0 Å². The van der Waals surface area contributed by atoms with Crippen molar-refractivity contribution in [3.8, 4) is 22.6 Å². The van der Waals surface area contributed by atoms with Crippen molar-refractivity contribution in [3.05, 3.63) is 109 Å². The lowest BCUT2D eigenvalue weighted by molar-refractivity contribution is -0.123. The predicted molar refractivity (Wildman–Crippen MR) is 119 cm³/mol. The summed E-state index contributed by atoms with van der Waals surface area (Å²) in [4.78, 5) is 12.0. The molecule has 0 spiro atoms. The third-order valence-electron chi connectivity index (χ3n) is 4.53. The van der Waals surface area contributed by atoms with Crippen molar-refractivity contribution in [2.45, 2.75) is 0 Å².